The number of ether oxygens (including phenoxy) is 2. The van der Waals surface area contributed by atoms with Crippen LogP contribution in [0.5, 0.6) is 11.5 Å². The van der Waals surface area contributed by atoms with Crippen LogP contribution in [0.25, 0.3) is 16.9 Å². The zero-order chi connectivity index (χ0) is 21.9. The molecule has 0 aliphatic carbocycles. The topological polar surface area (TPSA) is 53.4 Å². The Kier molecular flexibility index (Phi) is 7.20. The Balaban J connectivity index is 0.00000259. The molecule has 33 heavy (non-hydrogen) atoms. The lowest BCUT2D eigenvalue weighted by molar-refractivity contribution is -0.0000146. The number of aromatic nitrogens is 2. The van der Waals surface area contributed by atoms with Crippen molar-refractivity contribution in [2.45, 2.75) is 12.1 Å². The first-order chi connectivity index (χ1) is 15.7. The molecule has 1 aliphatic rings. The van der Waals surface area contributed by atoms with Crippen LogP contribution in [0, 0.1) is 6.92 Å². The lowest BCUT2D eigenvalue weighted by Crippen LogP contribution is -3.00. The van der Waals surface area contributed by atoms with Gasteiger partial charge in [-0.25, -0.2) is 4.98 Å². The van der Waals surface area contributed by atoms with Crippen LogP contribution < -0.4 is 26.5 Å². The molecule has 0 atom stereocenters. The number of ketones is 1. The molecule has 0 bridgehead atoms. The molecule has 0 radical (unpaired) electrons. The van der Waals surface area contributed by atoms with E-state index in [1.807, 2.05) is 48.7 Å². The molecule has 0 N–H and O–H groups in total. The van der Waals surface area contributed by atoms with Gasteiger partial charge in [-0.1, -0.05) is 60.3 Å². The molecule has 0 amide bonds. The standard InChI is InChI=1S/C26H22N2O3S.BrH/c1-18-7-5-6-10-22(18)28-16-21(19-8-3-2-4-9-19)27-26(28)32-17-23(29)20-11-12-24-25(15-20)31-14-13-30-24;/h2-12,15-16H,13-14,17H2,1H3;1H/p-1. The van der Waals surface area contributed by atoms with Crippen LogP contribution in [0.3, 0.4) is 0 Å². The second-order valence-electron chi connectivity index (χ2n) is 7.50. The van der Waals surface area contributed by atoms with Crippen molar-refractivity contribution < 1.29 is 31.2 Å². The van der Waals surface area contributed by atoms with E-state index in [4.69, 9.17) is 14.5 Å². The number of carbonyl (C=O) groups is 1. The maximum absolute atomic E-state index is 12.9. The van der Waals surface area contributed by atoms with Crippen LogP contribution in [0.15, 0.2) is 84.1 Å². The summed E-state index contributed by atoms with van der Waals surface area (Å²) in [7, 11) is 0. The minimum atomic E-state index is 0. The highest BCUT2D eigenvalue weighted by Crippen LogP contribution is 2.32. The quantitative estimate of drug-likeness (QED) is 0.288. The smallest absolute Gasteiger partial charge is 0.173 e. The molecule has 0 saturated carbocycles. The number of rotatable bonds is 6. The van der Waals surface area contributed by atoms with E-state index >= 15 is 0 Å². The maximum Gasteiger partial charge on any atom is 0.173 e. The Hall–Kier alpha value is -3.03. The Morgan fingerprint density at radius 3 is 2.48 bits per heavy atom. The highest BCUT2D eigenvalue weighted by molar-refractivity contribution is 7.99. The molecular weight excluding hydrogens is 500 g/mol. The predicted molar refractivity (Wildman–Crippen MR) is 126 cm³/mol. The van der Waals surface area contributed by atoms with Gasteiger partial charge in [-0.3, -0.25) is 9.36 Å². The van der Waals surface area contributed by atoms with E-state index in [-0.39, 0.29) is 28.5 Å². The van der Waals surface area contributed by atoms with Gasteiger partial charge in [0.15, 0.2) is 22.4 Å². The van der Waals surface area contributed by atoms with Crippen LogP contribution in [0.4, 0.5) is 0 Å². The predicted octanol–water partition coefficient (Wildman–Crippen LogP) is 2.60. The van der Waals surface area contributed by atoms with Gasteiger partial charge in [0.05, 0.1) is 17.1 Å². The summed E-state index contributed by atoms with van der Waals surface area (Å²) in [6, 6.07) is 23.6. The second-order valence-corrected chi connectivity index (χ2v) is 8.44. The summed E-state index contributed by atoms with van der Waals surface area (Å²) in [6.07, 6.45) is 2.04. The number of para-hydroxylation sites is 1. The lowest BCUT2D eigenvalue weighted by atomic mass is 10.1. The van der Waals surface area contributed by atoms with Crippen molar-refractivity contribution in [3.8, 4) is 28.4 Å². The molecule has 1 aromatic heterocycles. The summed E-state index contributed by atoms with van der Waals surface area (Å²) < 4.78 is 13.2. The number of imidazole rings is 1. The van der Waals surface area contributed by atoms with Gasteiger partial charge in [-0.2, -0.15) is 0 Å². The van der Waals surface area contributed by atoms with Crippen molar-refractivity contribution in [2.75, 3.05) is 19.0 Å². The number of Topliss-reactive ketones (excluding diaryl/α,β-unsaturated/α-hetero) is 1. The number of thioether (sulfide) groups is 1. The normalized spacial score (nSPS) is 12.2. The fourth-order valence-electron chi connectivity index (χ4n) is 3.65. The minimum absolute atomic E-state index is 0. The number of carbonyl (C=O) groups excluding carboxylic acids is 1. The third kappa shape index (κ3) is 4.99. The summed E-state index contributed by atoms with van der Waals surface area (Å²) in [6.45, 7) is 3.10. The van der Waals surface area contributed by atoms with Gasteiger partial charge in [0.2, 0.25) is 0 Å². The zero-order valence-corrected chi connectivity index (χ0v) is 20.4. The van der Waals surface area contributed by atoms with Crippen molar-refractivity contribution in [1.82, 2.24) is 9.55 Å². The first-order valence-corrected chi connectivity index (χ1v) is 11.4. The van der Waals surface area contributed by atoms with E-state index in [0.29, 0.717) is 30.3 Å². The fraction of sp³-hybridized carbons (Fsp3) is 0.154. The van der Waals surface area contributed by atoms with Crippen LogP contribution in [0.1, 0.15) is 15.9 Å². The van der Waals surface area contributed by atoms with Crippen LogP contribution in [-0.4, -0.2) is 34.3 Å². The van der Waals surface area contributed by atoms with Crippen molar-refractivity contribution in [3.63, 3.8) is 0 Å². The Bertz CT molecular complexity index is 1270. The highest BCUT2D eigenvalue weighted by atomic mass is 79.9. The number of nitrogens with zero attached hydrogens (tertiary/aromatic N) is 2. The summed E-state index contributed by atoms with van der Waals surface area (Å²) in [5.74, 6) is 1.60. The van der Waals surface area contributed by atoms with Gasteiger partial charge in [0.1, 0.15) is 13.2 Å². The van der Waals surface area contributed by atoms with Crippen LogP contribution >= 0.6 is 11.8 Å². The number of aryl methyl sites for hydroxylation is 1. The molecule has 5 nitrogen and oxygen atoms in total. The second kappa shape index (κ2) is 10.3. The molecule has 7 heteroatoms. The largest absolute Gasteiger partial charge is 1.00 e. The Morgan fingerprint density at radius 2 is 1.70 bits per heavy atom. The van der Waals surface area contributed by atoms with Crippen LogP contribution in [0.2, 0.25) is 0 Å². The van der Waals surface area contributed by atoms with Crippen molar-refractivity contribution in [2.24, 2.45) is 0 Å². The average molecular weight is 522 g/mol. The average Bonchev–Trinajstić information content (AvgIpc) is 3.27. The molecule has 5 rings (SSSR count). The molecule has 0 fully saturated rings. The number of halogens is 1. The van der Waals surface area contributed by atoms with E-state index < -0.39 is 0 Å². The highest BCUT2D eigenvalue weighted by Gasteiger charge is 2.18. The number of fused-ring (bicyclic) bond motifs is 1. The van der Waals surface area contributed by atoms with E-state index in [1.165, 1.54) is 11.8 Å². The van der Waals surface area contributed by atoms with Gasteiger partial charge in [-0.15, -0.1) is 0 Å². The van der Waals surface area contributed by atoms with Crippen molar-refractivity contribution in [3.05, 3.63) is 90.1 Å². The molecule has 0 saturated heterocycles. The van der Waals surface area contributed by atoms with Gasteiger partial charge >= 0.3 is 0 Å². The monoisotopic (exact) mass is 521 g/mol. The maximum atomic E-state index is 12.9. The lowest BCUT2D eigenvalue weighted by Gasteiger charge is -2.18. The number of hydrogen-bond donors (Lipinski definition) is 0. The molecular formula is C26H22BrN2O3S-. The van der Waals surface area contributed by atoms with Crippen molar-refractivity contribution >= 4 is 17.5 Å². The summed E-state index contributed by atoms with van der Waals surface area (Å²) in [5.41, 5.74) is 4.72. The molecule has 3 aromatic carbocycles. The molecule has 2 heterocycles. The molecule has 0 unspecified atom stereocenters. The molecule has 168 valence electrons. The summed E-state index contributed by atoms with van der Waals surface area (Å²) >= 11 is 1.44. The SMILES string of the molecule is Cc1ccccc1-n1cc(-c2ccccc2)nc1SCC(=O)c1ccc2c(c1)OCCO2.[Br-]. The fourth-order valence-corrected chi connectivity index (χ4v) is 4.53. The van der Waals surface area contributed by atoms with Crippen LogP contribution in [-0.2, 0) is 0 Å². The van der Waals surface area contributed by atoms with E-state index in [0.717, 1.165) is 27.7 Å². The van der Waals surface area contributed by atoms with Gasteiger partial charge < -0.3 is 26.5 Å². The number of benzene rings is 3. The zero-order valence-electron chi connectivity index (χ0n) is 18.0. The van der Waals surface area contributed by atoms with Gasteiger partial charge in [-0.05, 0) is 36.8 Å². The van der Waals surface area contributed by atoms with E-state index in [9.17, 15) is 4.79 Å². The molecule has 4 aromatic rings. The first kappa shape index (κ1) is 23.1. The number of hydrogen-bond acceptors (Lipinski definition) is 5. The third-order valence-corrected chi connectivity index (χ3v) is 6.27. The van der Waals surface area contributed by atoms with Crippen molar-refractivity contribution in [1.29, 1.82) is 0 Å². The van der Waals surface area contributed by atoms with E-state index in [1.54, 1.807) is 18.2 Å². The first-order valence-electron chi connectivity index (χ1n) is 10.5. The Labute approximate surface area is 207 Å². The summed E-state index contributed by atoms with van der Waals surface area (Å²) in [4.78, 5) is 17.8. The van der Waals surface area contributed by atoms with Gasteiger partial charge in [0.25, 0.3) is 0 Å². The summed E-state index contributed by atoms with van der Waals surface area (Å²) in [5, 5.41) is 0.782. The molecule has 0 spiro atoms. The molecule has 1 aliphatic heterocycles. The van der Waals surface area contributed by atoms with E-state index in [2.05, 4.69) is 23.6 Å². The Morgan fingerprint density at radius 1 is 0.970 bits per heavy atom. The van der Waals surface area contributed by atoms with Gasteiger partial charge in [0, 0.05) is 17.3 Å². The minimum Gasteiger partial charge on any atom is -1.00 e. The third-order valence-electron chi connectivity index (χ3n) is 5.31.